The molecule has 5 heterocycles. The van der Waals surface area contributed by atoms with E-state index < -0.39 is 13.7 Å². The number of furan rings is 1. The van der Waals surface area contributed by atoms with Crippen LogP contribution in [-0.4, -0.2) is 12.6 Å². The number of pyridine rings is 1. The first-order valence-corrected chi connectivity index (χ1v) is 24.1. The third-order valence-electron chi connectivity index (χ3n) is 12.7. The van der Waals surface area contributed by atoms with Crippen LogP contribution in [0, 0.1) is 5.92 Å². The van der Waals surface area contributed by atoms with Crippen LogP contribution in [0.1, 0.15) is 56.9 Å². The van der Waals surface area contributed by atoms with Crippen molar-refractivity contribution in [1.82, 2.24) is 4.57 Å². The van der Waals surface area contributed by atoms with Crippen LogP contribution in [0.5, 0.6) is 0 Å². The van der Waals surface area contributed by atoms with Crippen molar-refractivity contribution in [3.8, 4) is 28.3 Å². The van der Waals surface area contributed by atoms with Gasteiger partial charge in [-0.25, -0.2) is 0 Å². The smallest absolute Gasteiger partial charge is 0.364 e. The molecule has 1 unspecified atom stereocenters. The number of nitrogens with zero attached hydrogens (tertiary/aromatic N) is 3. The zero-order valence-corrected chi connectivity index (χ0v) is 35.2. The third kappa shape index (κ3) is 4.66. The number of aromatic nitrogens is 3. The topological polar surface area (TPSA) is 25.8 Å². The molecule has 3 aromatic heterocycles. The second-order valence-electron chi connectivity index (χ2n) is 19.0. The summed E-state index contributed by atoms with van der Waals surface area (Å²) in [4.78, 5) is 0. The lowest BCUT2D eigenvalue weighted by Crippen LogP contribution is -2.72. The van der Waals surface area contributed by atoms with Crippen LogP contribution in [0.15, 0.2) is 138 Å². The zero-order valence-electron chi connectivity index (χ0n) is 34.2. The Hall–Kier alpha value is -5.78. The normalized spacial score (nSPS) is 16.0. The van der Waals surface area contributed by atoms with Gasteiger partial charge in [-0.15, -0.1) is 9.13 Å². The summed E-state index contributed by atoms with van der Waals surface area (Å²) in [6, 6.07) is 47.8. The highest BCUT2D eigenvalue weighted by Crippen LogP contribution is 2.53. The van der Waals surface area contributed by atoms with Crippen LogP contribution in [0.3, 0.4) is 0 Å². The first-order chi connectivity index (χ1) is 27.4. The molecule has 0 aliphatic carbocycles. The van der Waals surface area contributed by atoms with Crippen LogP contribution in [0.25, 0.3) is 72.1 Å². The Labute approximate surface area is 335 Å². The van der Waals surface area contributed by atoms with E-state index in [1.807, 2.05) is 0 Å². The molecule has 0 saturated heterocycles. The van der Waals surface area contributed by atoms with E-state index in [9.17, 15) is 0 Å². The molecule has 11 rings (SSSR count). The monoisotopic (exact) mass is 759 g/mol. The maximum absolute atomic E-state index is 7.08. The third-order valence-corrected chi connectivity index (χ3v) is 14.8. The van der Waals surface area contributed by atoms with Gasteiger partial charge in [0.1, 0.15) is 16.8 Å². The van der Waals surface area contributed by atoms with Crippen molar-refractivity contribution in [1.29, 1.82) is 0 Å². The molecule has 1 spiro atoms. The van der Waals surface area contributed by atoms with E-state index in [1.165, 1.54) is 60.5 Å². The van der Waals surface area contributed by atoms with Crippen molar-refractivity contribution in [3.05, 3.63) is 156 Å². The van der Waals surface area contributed by atoms with E-state index in [4.69, 9.17) is 4.42 Å². The van der Waals surface area contributed by atoms with E-state index in [2.05, 4.69) is 202 Å². The first kappa shape index (κ1) is 34.5. The molecule has 5 heteroatoms. The van der Waals surface area contributed by atoms with Crippen LogP contribution >= 0.6 is 0 Å². The summed E-state index contributed by atoms with van der Waals surface area (Å²) in [5, 5.41) is 6.27. The minimum absolute atomic E-state index is 0.0430. The summed E-state index contributed by atoms with van der Waals surface area (Å²) < 4.78 is 15.0. The number of fused-ring (bicyclic) bond motifs is 17. The summed E-state index contributed by atoms with van der Waals surface area (Å²) in [6.45, 7) is 19.3. The number of imidazole rings is 1. The average Bonchev–Trinajstić information content (AvgIpc) is 3.89. The van der Waals surface area contributed by atoms with Crippen molar-refractivity contribution >= 4 is 57.0 Å². The minimum atomic E-state index is -1.83. The van der Waals surface area contributed by atoms with E-state index in [-0.39, 0.29) is 5.41 Å². The van der Waals surface area contributed by atoms with Crippen LogP contribution in [0.4, 0.5) is 0 Å². The number of benzene rings is 6. The lowest BCUT2D eigenvalue weighted by atomic mass is 9.82. The quantitative estimate of drug-likeness (QED) is 0.130. The molecular formula is C52H49N3OSi+2. The van der Waals surface area contributed by atoms with Crippen LogP contribution in [0.2, 0.25) is 19.6 Å². The van der Waals surface area contributed by atoms with Gasteiger partial charge in [0, 0.05) is 22.0 Å². The Balaban J connectivity index is 1.38. The maximum Gasteiger partial charge on any atom is 0.364 e. The van der Waals surface area contributed by atoms with Crippen LogP contribution in [-0.2, 0) is 17.5 Å². The van der Waals surface area contributed by atoms with Crippen molar-refractivity contribution < 1.29 is 13.6 Å². The Bertz CT molecular complexity index is 3170. The predicted molar refractivity (Wildman–Crippen MR) is 238 cm³/mol. The SMILES string of the molecule is CC(C)Cc1cc2[n+](cc1[Si](C)(C)C)C1(c3cc(C(C)(C)C)ccc3-2)c2ccc3c(oc4ccccc43)c2-c2n(-c3ccc4ccccc4c3)c3ccccc3[n+]21. The first-order valence-electron chi connectivity index (χ1n) is 20.6. The number of rotatable bonds is 4. The fourth-order valence-electron chi connectivity index (χ4n) is 10.2. The van der Waals surface area contributed by atoms with E-state index in [1.54, 1.807) is 0 Å². The lowest BCUT2D eigenvalue weighted by molar-refractivity contribution is -0.944. The van der Waals surface area contributed by atoms with Crippen LogP contribution < -0.4 is 14.3 Å². The molecule has 0 N–H and O–H groups in total. The molecule has 2 aliphatic heterocycles. The average molecular weight is 760 g/mol. The molecule has 0 bridgehead atoms. The number of para-hydroxylation sites is 3. The second-order valence-corrected chi connectivity index (χ2v) is 24.0. The molecule has 0 radical (unpaired) electrons. The molecule has 4 nitrogen and oxygen atoms in total. The zero-order chi connectivity index (χ0) is 39.2. The maximum atomic E-state index is 7.08. The van der Waals surface area contributed by atoms with Gasteiger partial charge in [0.25, 0.3) is 0 Å². The Morgan fingerprint density at radius 3 is 2.28 bits per heavy atom. The minimum Gasteiger partial charge on any atom is -0.455 e. The Kier molecular flexibility index (Phi) is 7.04. The van der Waals surface area contributed by atoms with Crippen molar-refractivity contribution in [2.24, 2.45) is 5.92 Å². The standard InChI is InChI=1S/C52H49N3OSi/c1-32(2)27-35-29-45-40-24-22-36(51(3,4)5)30-42(40)52(53(45)31-47(35)57(6,7)8)41-26-25-39-38-17-11-14-20-46(38)56-49(39)48(41)50-54(43-18-12-13-19-44(43)55(50)52)37-23-21-33-15-9-10-16-34(33)28-37/h9-26,28-32H,27H2,1-8H3/q+2. The summed E-state index contributed by atoms with van der Waals surface area (Å²) in [5.41, 5.74) is 13.7. The molecule has 280 valence electrons. The molecule has 57 heavy (non-hydrogen) atoms. The summed E-state index contributed by atoms with van der Waals surface area (Å²) in [7, 11) is -1.83. The van der Waals surface area contributed by atoms with E-state index in [0.717, 1.165) is 45.4 Å². The van der Waals surface area contributed by atoms with Gasteiger partial charge < -0.3 is 4.42 Å². The lowest BCUT2D eigenvalue weighted by Gasteiger charge is -2.25. The molecule has 6 aromatic carbocycles. The Morgan fingerprint density at radius 2 is 1.49 bits per heavy atom. The molecule has 9 aromatic rings. The molecule has 2 aliphatic rings. The molecule has 1 atom stereocenters. The highest BCUT2D eigenvalue weighted by atomic mass is 28.3. The van der Waals surface area contributed by atoms with Gasteiger partial charge in [0.2, 0.25) is 5.69 Å². The van der Waals surface area contributed by atoms with Gasteiger partial charge in [-0.3, -0.25) is 0 Å². The van der Waals surface area contributed by atoms with Gasteiger partial charge in [-0.05, 0) is 94.3 Å². The summed E-state index contributed by atoms with van der Waals surface area (Å²) >= 11 is 0. The molecule has 0 fully saturated rings. The fraction of sp³-hybridized carbons (Fsp3) is 0.231. The molecular weight excluding hydrogens is 711 g/mol. The van der Waals surface area contributed by atoms with Crippen molar-refractivity contribution in [2.45, 2.75) is 71.8 Å². The van der Waals surface area contributed by atoms with Gasteiger partial charge >= 0.3 is 11.5 Å². The van der Waals surface area contributed by atoms with E-state index in [0.29, 0.717) is 5.92 Å². The molecule has 0 saturated carbocycles. The number of hydrogen-bond acceptors (Lipinski definition) is 1. The predicted octanol–water partition coefficient (Wildman–Crippen LogP) is 11.6. The van der Waals surface area contributed by atoms with Gasteiger partial charge in [-0.1, -0.05) is 121 Å². The number of hydrogen-bond donors (Lipinski definition) is 0. The highest BCUT2D eigenvalue weighted by molar-refractivity contribution is 6.89. The van der Waals surface area contributed by atoms with Crippen molar-refractivity contribution in [3.63, 3.8) is 0 Å². The van der Waals surface area contributed by atoms with Gasteiger partial charge in [0.05, 0.1) is 24.8 Å². The Morgan fingerprint density at radius 1 is 0.737 bits per heavy atom. The largest absolute Gasteiger partial charge is 0.455 e. The summed E-state index contributed by atoms with van der Waals surface area (Å²) in [5.74, 6) is 1.69. The van der Waals surface area contributed by atoms with Crippen molar-refractivity contribution in [2.75, 3.05) is 0 Å². The van der Waals surface area contributed by atoms with E-state index >= 15 is 0 Å². The summed E-state index contributed by atoms with van der Waals surface area (Å²) in [6.07, 6.45) is 3.65. The van der Waals surface area contributed by atoms with Gasteiger partial charge in [0.15, 0.2) is 22.8 Å². The highest BCUT2D eigenvalue weighted by Gasteiger charge is 2.67. The second kappa shape index (κ2) is 11.6. The fourth-order valence-corrected chi connectivity index (χ4v) is 11.9. The van der Waals surface area contributed by atoms with Gasteiger partial charge in [-0.2, -0.15) is 4.57 Å². The molecule has 0 amide bonds.